The molecular weight excluding hydrogens is 738 g/mol. The molecule has 0 radical (unpaired) electrons. The number of carboxylic acids is 5. The third-order valence-corrected chi connectivity index (χ3v) is 9.24. The van der Waals surface area contributed by atoms with Crippen molar-refractivity contribution in [3.63, 3.8) is 0 Å². The number of likely N-dealkylation sites (tertiary alicyclic amines) is 1. The van der Waals surface area contributed by atoms with Crippen LogP contribution in [-0.4, -0.2) is 107 Å². The first-order valence-electron chi connectivity index (χ1n) is 18.9. The second-order valence-corrected chi connectivity index (χ2v) is 13.8. The Morgan fingerprint density at radius 2 is 1.30 bits per heavy atom. The van der Waals surface area contributed by atoms with Crippen LogP contribution in [0.2, 0.25) is 0 Å². The average molecular weight is 792 g/mol. The highest BCUT2D eigenvalue weighted by Gasteiger charge is 2.37. The molecule has 6 N–H and O–H groups in total. The van der Waals surface area contributed by atoms with Gasteiger partial charge in [0.2, 0.25) is 0 Å². The predicted molar refractivity (Wildman–Crippen MR) is 210 cm³/mol. The maximum Gasteiger partial charge on any atom is 0.315 e. The van der Waals surface area contributed by atoms with Crippen LogP contribution in [0.5, 0.6) is 0 Å². The molecule has 57 heavy (non-hydrogen) atoms. The van der Waals surface area contributed by atoms with Crippen LogP contribution in [0.25, 0.3) is 5.65 Å². The summed E-state index contributed by atoms with van der Waals surface area (Å²) in [6, 6.07) is 24.8. The van der Waals surface area contributed by atoms with E-state index in [2.05, 4.69) is 68.8 Å². The summed E-state index contributed by atoms with van der Waals surface area (Å²) in [7, 11) is 0. The fraction of sp³-hybridized carbons (Fsp3) is 0.439. The number of piperidine rings is 1. The zero-order valence-corrected chi connectivity index (χ0v) is 32.3. The van der Waals surface area contributed by atoms with Crippen LogP contribution >= 0.6 is 0 Å². The van der Waals surface area contributed by atoms with Crippen molar-refractivity contribution in [1.29, 1.82) is 0 Å². The molecule has 0 amide bonds. The Kier molecular flexibility index (Phi) is 18.6. The summed E-state index contributed by atoms with van der Waals surface area (Å²) in [5.74, 6) is -4.41. The molecule has 3 heterocycles. The second-order valence-electron chi connectivity index (χ2n) is 13.8. The zero-order chi connectivity index (χ0) is 41.8. The molecule has 1 atom stereocenters. The number of aliphatic carboxylic acids is 5. The molecule has 4 aromatic rings. The van der Waals surface area contributed by atoms with Crippen molar-refractivity contribution in [2.45, 2.75) is 89.3 Å². The van der Waals surface area contributed by atoms with Gasteiger partial charge in [-0.1, -0.05) is 74.0 Å². The van der Waals surface area contributed by atoms with E-state index < -0.39 is 35.3 Å². The maximum absolute atomic E-state index is 12.0. The van der Waals surface area contributed by atoms with Gasteiger partial charge in [0.05, 0.1) is 43.7 Å². The van der Waals surface area contributed by atoms with E-state index in [4.69, 9.17) is 25.2 Å². The number of carboxylic acid groups (broad SMARTS) is 5. The van der Waals surface area contributed by atoms with E-state index in [1.807, 2.05) is 31.2 Å². The smallest absolute Gasteiger partial charge is 0.315 e. The van der Waals surface area contributed by atoms with Gasteiger partial charge in [0.25, 0.3) is 0 Å². The summed E-state index contributed by atoms with van der Waals surface area (Å²) in [6.07, 6.45) is 5.11. The van der Waals surface area contributed by atoms with Crippen LogP contribution in [0.1, 0.15) is 94.6 Å². The lowest BCUT2D eigenvalue weighted by Gasteiger charge is -2.34. The average Bonchev–Trinajstić information content (AvgIpc) is 3.63. The highest BCUT2D eigenvalue weighted by molar-refractivity contribution is 5.80. The summed E-state index contributed by atoms with van der Waals surface area (Å²) in [4.78, 5) is 57.6. The molecule has 16 heteroatoms. The fourth-order valence-corrected chi connectivity index (χ4v) is 6.10. The molecule has 2 aromatic carbocycles. The SMILES string of the molecule is CCCC(C)(C(=O)O)c1cn2nc(NCCCN3CCC(OC(c4ccccc4)c4ccccc4)CC3)ccc2n1.O=C(O)CCC(=O)O.O=C(O)CCC(=O)O. The normalized spacial score (nSPS) is 14.0. The van der Waals surface area contributed by atoms with Crippen LogP contribution in [0.3, 0.4) is 0 Å². The summed E-state index contributed by atoms with van der Waals surface area (Å²) in [5, 5.41) is 49.4. The molecule has 1 aliphatic heterocycles. The number of benzene rings is 2. The van der Waals surface area contributed by atoms with Gasteiger partial charge in [-0.25, -0.2) is 9.50 Å². The number of hydrogen-bond donors (Lipinski definition) is 6. The summed E-state index contributed by atoms with van der Waals surface area (Å²) in [5.41, 5.74) is 2.58. The third kappa shape index (κ3) is 15.7. The zero-order valence-electron chi connectivity index (χ0n) is 32.3. The Labute approximate surface area is 331 Å². The number of nitrogens with one attached hydrogen (secondary N) is 1. The van der Waals surface area contributed by atoms with E-state index in [0.717, 1.165) is 57.7 Å². The minimum atomic E-state index is -1.08. The lowest BCUT2D eigenvalue weighted by molar-refractivity contribution is -0.143. The van der Waals surface area contributed by atoms with Gasteiger partial charge in [-0.05, 0) is 62.4 Å². The first kappa shape index (κ1) is 45.5. The van der Waals surface area contributed by atoms with Crippen molar-refractivity contribution < 1.29 is 54.2 Å². The first-order chi connectivity index (χ1) is 27.2. The number of fused-ring (bicyclic) bond motifs is 1. The Bertz CT molecular complexity index is 1790. The lowest BCUT2D eigenvalue weighted by Crippen LogP contribution is -2.38. The van der Waals surface area contributed by atoms with Gasteiger partial charge in [0, 0.05) is 19.6 Å². The van der Waals surface area contributed by atoms with E-state index in [1.54, 1.807) is 17.6 Å². The molecule has 0 spiro atoms. The topological polar surface area (TPSA) is 241 Å². The molecule has 5 rings (SSSR count). The van der Waals surface area contributed by atoms with E-state index in [-0.39, 0.29) is 37.9 Å². The van der Waals surface area contributed by atoms with Crippen molar-refractivity contribution >= 4 is 41.3 Å². The van der Waals surface area contributed by atoms with Gasteiger partial charge in [0.1, 0.15) is 17.3 Å². The molecule has 1 fully saturated rings. The minimum Gasteiger partial charge on any atom is -0.481 e. The standard InChI is InChI=1S/C33H41N5O3.2C4H6O4/c1-3-19-33(2,32(39)40)28-24-38-30(35-28)16-15-29(36-38)34-20-10-21-37-22-17-27(18-23-37)41-31(25-11-6-4-7-12-25)26-13-8-5-9-14-26;2*5-3(6)1-2-4(7)8/h4-9,11-16,24,27,31H,3,10,17-23H2,1-2H3,(H,34,36)(H,39,40);2*1-2H2,(H,5,6)(H,7,8). The Morgan fingerprint density at radius 3 is 1.75 bits per heavy atom. The largest absolute Gasteiger partial charge is 0.481 e. The molecule has 1 aliphatic rings. The monoisotopic (exact) mass is 791 g/mol. The fourth-order valence-electron chi connectivity index (χ4n) is 6.10. The van der Waals surface area contributed by atoms with Crippen LogP contribution in [0.15, 0.2) is 79.0 Å². The molecule has 0 bridgehead atoms. The van der Waals surface area contributed by atoms with Gasteiger partial charge in [-0.2, -0.15) is 0 Å². The van der Waals surface area contributed by atoms with E-state index >= 15 is 0 Å². The quantitative estimate of drug-likeness (QED) is 0.0614. The number of hydrogen-bond acceptors (Lipinski definition) is 10. The molecule has 16 nitrogen and oxygen atoms in total. The number of aromatic nitrogens is 3. The minimum absolute atomic E-state index is 0.0425. The van der Waals surface area contributed by atoms with Gasteiger partial charge < -0.3 is 40.5 Å². The van der Waals surface area contributed by atoms with Gasteiger partial charge in [-0.3, -0.25) is 24.0 Å². The number of nitrogens with zero attached hydrogens (tertiary/aromatic N) is 4. The highest BCUT2D eigenvalue weighted by atomic mass is 16.5. The molecule has 0 aliphatic carbocycles. The van der Waals surface area contributed by atoms with Gasteiger partial charge in [-0.15, -0.1) is 5.10 Å². The predicted octanol–water partition coefficient (Wildman–Crippen LogP) is 5.82. The number of anilines is 1. The van der Waals surface area contributed by atoms with E-state index in [0.29, 0.717) is 17.8 Å². The van der Waals surface area contributed by atoms with Crippen molar-refractivity contribution in [1.82, 2.24) is 19.5 Å². The summed E-state index contributed by atoms with van der Waals surface area (Å²) >= 11 is 0. The third-order valence-electron chi connectivity index (χ3n) is 9.24. The molecule has 308 valence electrons. The van der Waals surface area contributed by atoms with Crippen molar-refractivity contribution in [3.05, 3.63) is 95.8 Å². The molecular formula is C41H53N5O11. The Morgan fingerprint density at radius 1 is 0.789 bits per heavy atom. The van der Waals surface area contributed by atoms with Crippen LogP contribution in [-0.2, 0) is 34.1 Å². The molecule has 2 aromatic heterocycles. The number of ether oxygens (including phenoxy) is 1. The van der Waals surface area contributed by atoms with Gasteiger partial charge >= 0.3 is 29.8 Å². The van der Waals surface area contributed by atoms with Crippen LogP contribution < -0.4 is 5.32 Å². The van der Waals surface area contributed by atoms with E-state index in [9.17, 15) is 29.1 Å². The Balaban J connectivity index is 0.000000457. The Hall–Kier alpha value is -5.87. The maximum atomic E-state index is 12.0. The van der Waals surface area contributed by atoms with E-state index in [1.165, 1.54) is 11.1 Å². The number of carbonyl (C=O) groups is 5. The molecule has 1 unspecified atom stereocenters. The van der Waals surface area contributed by atoms with Crippen molar-refractivity contribution in [2.75, 3.05) is 31.5 Å². The number of rotatable bonds is 19. The van der Waals surface area contributed by atoms with Gasteiger partial charge in [0.15, 0.2) is 5.65 Å². The summed E-state index contributed by atoms with van der Waals surface area (Å²) in [6.45, 7) is 7.61. The lowest BCUT2D eigenvalue weighted by atomic mass is 9.83. The second kappa shape index (κ2) is 23.3. The van der Waals surface area contributed by atoms with Crippen molar-refractivity contribution in [3.8, 4) is 0 Å². The molecule has 0 saturated carbocycles. The summed E-state index contributed by atoms with van der Waals surface area (Å²) < 4.78 is 8.37. The molecule has 1 saturated heterocycles. The first-order valence-corrected chi connectivity index (χ1v) is 18.9. The van der Waals surface area contributed by atoms with Crippen LogP contribution in [0, 0.1) is 0 Å². The highest BCUT2D eigenvalue weighted by Crippen LogP contribution is 2.31. The van der Waals surface area contributed by atoms with Crippen LogP contribution in [0.4, 0.5) is 5.82 Å². The number of imidazole rings is 1. The van der Waals surface area contributed by atoms with Crippen molar-refractivity contribution in [2.24, 2.45) is 0 Å².